The van der Waals surface area contributed by atoms with Crippen molar-refractivity contribution >= 4 is 5.91 Å². The SMILES string of the molecule is N[C@@H]1CC[C@@H](C(=O)N2CCN(CCO)CC2)C1. The van der Waals surface area contributed by atoms with Gasteiger partial charge in [0.15, 0.2) is 0 Å². The fourth-order valence-electron chi connectivity index (χ4n) is 2.83. The van der Waals surface area contributed by atoms with E-state index in [4.69, 9.17) is 10.8 Å². The molecule has 0 unspecified atom stereocenters. The zero-order valence-electron chi connectivity index (χ0n) is 10.3. The van der Waals surface area contributed by atoms with Gasteiger partial charge in [-0.3, -0.25) is 9.69 Å². The minimum Gasteiger partial charge on any atom is -0.395 e. The third kappa shape index (κ3) is 3.18. The van der Waals surface area contributed by atoms with Gasteiger partial charge in [-0.15, -0.1) is 0 Å². The van der Waals surface area contributed by atoms with Gasteiger partial charge in [-0.1, -0.05) is 0 Å². The Morgan fingerprint density at radius 2 is 1.94 bits per heavy atom. The van der Waals surface area contributed by atoms with Crippen molar-refractivity contribution in [1.29, 1.82) is 0 Å². The number of carbonyl (C=O) groups is 1. The summed E-state index contributed by atoms with van der Waals surface area (Å²) in [7, 11) is 0. The Labute approximate surface area is 103 Å². The molecule has 1 heterocycles. The lowest BCUT2D eigenvalue weighted by Gasteiger charge is -2.35. The molecule has 2 aliphatic rings. The standard InChI is InChI=1S/C12H23N3O2/c13-11-2-1-10(9-11)12(17)15-5-3-14(4-6-15)7-8-16/h10-11,16H,1-9,13H2/t10-,11-/m1/s1. The monoisotopic (exact) mass is 241 g/mol. The van der Waals surface area contributed by atoms with Crippen LogP contribution in [-0.2, 0) is 4.79 Å². The average Bonchev–Trinajstić information content (AvgIpc) is 2.76. The van der Waals surface area contributed by atoms with E-state index in [0.29, 0.717) is 5.91 Å². The van der Waals surface area contributed by atoms with Crippen LogP contribution in [-0.4, -0.2) is 66.2 Å². The number of hydrogen-bond donors (Lipinski definition) is 2. The summed E-state index contributed by atoms with van der Waals surface area (Å²) in [4.78, 5) is 16.4. The maximum absolute atomic E-state index is 12.2. The van der Waals surface area contributed by atoms with Crippen LogP contribution in [0.2, 0.25) is 0 Å². The number of piperazine rings is 1. The van der Waals surface area contributed by atoms with E-state index < -0.39 is 0 Å². The van der Waals surface area contributed by atoms with Crippen LogP contribution >= 0.6 is 0 Å². The lowest BCUT2D eigenvalue weighted by molar-refractivity contribution is -0.137. The van der Waals surface area contributed by atoms with Gasteiger partial charge in [-0.2, -0.15) is 0 Å². The number of aliphatic hydroxyl groups excluding tert-OH is 1. The fourth-order valence-corrected chi connectivity index (χ4v) is 2.83. The summed E-state index contributed by atoms with van der Waals surface area (Å²) in [5.41, 5.74) is 5.85. The molecule has 0 aromatic rings. The average molecular weight is 241 g/mol. The largest absolute Gasteiger partial charge is 0.395 e. The summed E-state index contributed by atoms with van der Waals surface area (Å²) in [5.74, 6) is 0.455. The van der Waals surface area contributed by atoms with Gasteiger partial charge in [0.1, 0.15) is 0 Å². The molecule has 1 aliphatic carbocycles. The Kier molecular flexibility index (Phi) is 4.36. The van der Waals surface area contributed by atoms with E-state index in [0.717, 1.165) is 52.0 Å². The first-order valence-electron chi connectivity index (χ1n) is 6.58. The first-order valence-corrected chi connectivity index (χ1v) is 6.58. The second-order valence-corrected chi connectivity index (χ2v) is 5.16. The lowest BCUT2D eigenvalue weighted by atomic mass is 10.1. The molecule has 98 valence electrons. The van der Waals surface area contributed by atoms with Gasteiger partial charge in [0.2, 0.25) is 5.91 Å². The number of nitrogens with two attached hydrogens (primary N) is 1. The highest BCUT2D eigenvalue weighted by Crippen LogP contribution is 2.26. The lowest BCUT2D eigenvalue weighted by Crippen LogP contribution is -2.50. The quantitative estimate of drug-likeness (QED) is 0.682. The summed E-state index contributed by atoms with van der Waals surface area (Å²) in [5, 5.41) is 8.86. The summed E-state index contributed by atoms with van der Waals surface area (Å²) < 4.78 is 0. The smallest absolute Gasteiger partial charge is 0.225 e. The summed E-state index contributed by atoms with van der Waals surface area (Å²) in [6.07, 6.45) is 2.80. The molecule has 2 atom stereocenters. The summed E-state index contributed by atoms with van der Waals surface area (Å²) in [6.45, 7) is 4.27. The first kappa shape index (κ1) is 12.8. The molecule has 2 rings (SSSR count). The van der Waals surface area contributed by atoms with E-state index in [1.807, 2.05) is 4.90 Å². The van der Waals surface area contributed by atoms with Crippen molar-refractivity contribution in [2.45, 2.75) is 25.3 Å². The van der Waals surface area contributed by atoms with Crippen molar-refractivity contribution in [2.75, 3.05) is 39.3 Å². The number of hydrogen-bond acceptors (Lipinski definition) is 4. The zero-order valence-corrected chi connectivity index (χ0v) is 10.3. The number of aliphatic hydroxyl groups is 1. The highest BCUT2D eigenvalue weighted by Gasteiger charge is 2.32. The van der Waals surface area contributed by atoms with Crippen LogP contribution in [0.15, 0.2) is 0 Å². The minimum absolute atomic E-state index is 0.161. The van der Waals surface area contributed by atoms with Crippen LogP contribution in [0.25, 0.3) is 0 Å². The molecule has 1 saturated heterocycles. The van der Waals surface area contributed by atoms with Gasteiger partial charge in [0.25, 0.3) is 0 Å². The summed E-state index contributed by atoms with van der Waals surface area (Å²) in [6, 6.07) is 0.222. The molecule has 0 spiro atoms. The highest BCUT2D eigenvalue weighted by atomic mass is 16.3. The Balaban J connectivity index is 1.78. The topological polar surface area (TPSA) is 69.8 Å². The molecule has 3 N–H and O–H groups in total. The predicted octanol–water partition coefficient (Wildman–Crippen LogP) is -0.750. The van der Waals surface area contributed by atoms with Crippen LogP contribution in [0.4, 0.5) is 0 Å². The Morgan fingerprint density at radius 1 is 1.24 bits per heavy atom. The van der Waals surface area contributed by atoms with Crippen molar-refractivity contribution < 1.29 is 9.90 Å². The van der Waals surface area contributed by atoms with Crippen molar-refractivity contribution in [2.24, 2.45) is 11.7 Å². The predicted molar refractivity (Wildman–Crippen MR) is 65.4 cm³/mol. The normalized spacial score (nSPS) is 30.8. The van der Waals surface area contributed by atoms with Crippen molar-refractivity contribution in [1.82, 2.24) is 9.80 Å². The molecule has 0 aromatic heterocycles. The van der Waals surface area contributed by atoms with E-state index in [1.165, 1.54) is 0 Å². The van der Waals surface area contributed by atoms with Crippen molar-refractivity contribution in [3.05, 3.63) is 0 Å². The molecule has 1 saturated carbocycles. The van der Waals surface area contributed by atoms with E-state index in [-0.39, 0.29) is 18.6 Å². The van der Waals surface area contributed by atoms with E-state index in [1.54, 1.807) is 0 Å². The van der Waals surface area contributed by atoms with Gasteiger partial charge in [-0.25, -0.2) is 0 Å². The van der Waals surface area contributed by atoms with Crippen molar-refractivity contribution in [3.63, 3.8) is 0 Å². The number of β-amino-alcohol motifs (C(OH)–C–C–N with tert-alkyl or cyclic N) is 1. The van der Waals surface area contributed by atoms with Gasteiger partial charge < -0.3 is 15.7 Å². The Morgan fingerprint density at radius 3 is 2.47 bits per heavy atom. The molecule has 2 fully saturated rings. The molecule has 5 heteroatoms. The van der Waals surface area contributed by atoms with Crippen LogP contribution in [0.1, 0.15) is 19.3 Å². The molecular formula is C12H23N3O2. The maximum atomic E-state index is 12.2. The van der Waals surface area contributed by atoms with E-state index in [2.05, 4.69) is 4.90 Å². The Bertz CT molecular complexity index is 264. The molecule has 0 aromatic carbocycles. The van der Waals surface area contributed by atoms with E-state index >= 15 is 0 Å². The summed E-state index contributed by atoms with van der Waals surface area (Å²) >= 11 is 0. The van der Waals surface area contributed by atoms with Crippen LogP contribution in [0, 0.1) is 5.92 Å². The molecule has 5 nitrogen and oxygen atoms in total. The van der Waals surface area contributed by atoms with Crippen molar-refractivity contribution in [3.8, 4) is 0 Å². The van der Waals surface area contributed by atoms with E-state index in [9.17, 15) is 4.79 Å². The zero-order chi connectivity index (χ0) is 12.3. The number of nitrogens with zero attached hydrogens (tertiary/aromatic N) is 2. The number of carbonyl (C=O) groups excluding carboxylic acids is 1. The minimum atomic E-state index is 0.161. The third-order valence-corrected chi connectivity index (χ3v) is 3.92. The fraction of sp³-hybridized carbons (Fsp3) is 0.917. The van der Waals surface area contributed by atoms with Gasteiger partial charge in [-0.05, 0) is 19.3 Å². The van der Waals surface area contributed by atoms with Crippen LogP contribution in [0.3, 0.4) is 0 Å². The molecule has 0 bridgehead atoms. The molecule has 17 heavy (non-hydrogen) atoms. The number of rotatable bonds is 3. The molecule has 1 aliphatic heterocycles. The first-order chi connectivity index (χ1) is 8.20. The molecule has 0 radical (unpaired) electrons. The van der Waals surface area contributed by atoms with Gasteiger partial charge in [0, 0.05) is 44.7 Å². The highest BCUT2D eigenvalue weighted by molar-refractivity contribution is 5.79. The molecular weight excluding hydrogens is 218 g/mol. The second-order valence-electron chi connectivity index (χ2n) is 5.16. The van der Waals surface area contributed by atoms with Crippen LogP contribution < -0.4 is 5.73 Å². The maximum Gasteiger partial charge on any atom is 0.225 e. The van der Waals surface area contributed by atoms with Gasteiger partial charge in [0.05, 0.1) is 6.61 Å². The number of amides is 1. The second kappa shape index (κ2) is 5.80. The Hall–Kier alpha value is -0.650. The third-order valence-electron chi connectivity index (χ3n) is 3.92. The van der Waals surface area contributed by atoms with Gasteiger partial charge >= 0.3 is 0 Å². The van der Waals surface area contributed by atoms with Crippen LogP contribution in [0.5, 0.6) is 0 Å². The molecule has 1 amide bonds.